The van der Waals surface area contributed by atoms with Gasteiger partial charge in [0.2, 0.25) is 0 Å². The third-order valence-corrected chi connectivity index (χ3v) is 2.89. The van der Waals surface area contributed by atoms with Crippen molar-refractivity contribution in [1.29, 1.82) is 0 Å². The van der Waals surface area contributed by atoms with Gasteiger partial charge in [0.1, 0.15) is 0 Å². The number of aliphatic imine (C=N–C) groups is 1. The molecule has 0 fully saturated rings. The lowest BCUT2D eigenvalue weighted by molar-refractivity contribution is -0.132. The predicted molar refractivity (Wildman–Crippen MR) is 83.6 cm³/mol. The zero-order valence-corrected chi connectivity index (χ0v) is 12.1. The number of para-hydroxylation sites is 1. The molecular weight excluding hydrogens is 250 g/mol. The molecule has 3 heteroatoms. The number of hydrogen-bond donors (Lipinski definition) is 1. The van der Waals surface area contributed by atoms with E-state index in [4.69, 9.17) is 5.11 Å². The predicted octanol–water partition coefficient (Wildman–Crippen LogP) is 4.23. The highest BCUT2D eigenvalue weighted by Crippen LogP contribution is 2.19. The van der Waals surface area contributed by atoms with Gasteiger partial charge in [-0.25, -0.2) is 4.79 Å². The Morgan fingerprint density at radius 2 is 1.95 bits per heavy atom. The Morgan fingerprint density at radius 3 is 2.50 bits per heavy atom. The Hall–Kier alpha value is -2.42. The van der Waals surface area contributed by atoms with Crippen molar-refractivity contribution in [3.63, 3.8) is 0 Å². The molecule has 104 valence electrons. The summed E-state index contributed by atoms with van der Waals surface area (Å²) in [5.41, 5.74) is 3.76. The minimum atomic E-state index is -0.979. The van der Waals surface area contributed by atoms with Gasteiger partial charge in [-0.3, -0.25) is 4.99 Å². The first kappa shape index (κ1) is 15.6. The first-order valence-corrected chi connectivity index (χ1v) is 6.31. The maximum absolute atomic E-state index is 11.1. The Labute approximate surface area is 119 Å². The molecule has 3 nitrogen and oxygen atoms in total. The van der Waals surface area contributed by atoms with Crippen molar-refractivity contribution < 1.29 is 9.90 Å². The molecule has 0 saturated heterocycles. The van der Waals surface area contributed by atoms with Gasteiger partial charge in [0.05, 0.1) is 11.3 Å². The monoisotopic (exact) mass is 269 g/mol. The Balaban J connectivity index is 3.11. The fraction of sp³-hybridized carbons (Fsp3) is 0.176. The lowest BCUT2D eigenvalue weighted by Gasteiger charge is -2.04. The number of aryl methyl sites for hydroxylation is 1. The molecule has 1 N–H and O–H groups in total. The summed E-state index contributed by atoms with van der Waals surface area (Å²) in [5, 5.41) is 9.07. The van der Waals surface area contributed by atoms with Crippen molar-refractivity contribution in [2.45, 2.75) is 20.8 Å². The van der Waals surface area contributed by atoms with Crippen LogP contribution in [0.3, 0.4) is 0 Å². The number of carbonyl (C=O) groups is 1. The van der Waals surface area contributed by atoms with Crippen LogP contribution >= 0.6 is 0 Å². The fourth-order valence-corrected chi connectivity index (χ4v) is 1.60. The fourth-order valence-electron chi connectivity index (χ4n) is 1.60. The maximum atomic E-state index is 11.1. The van der Waals surface area contributed by atoms with Gasteiger partial charge < -0.3 is 5.11 Å². The molecule has 0 heterocycles. The van der Waals surface area contributed by atoms with E-state index in [1.807, 2.05) is 45.0 Å². The molecule has 0 aromatic heterocycles. The number of carboxylic acids is 1. The molecule has 0 spiro atoms. The number of rotatable bonds is 5. The summed E-state index contributed by atoms with van der Waals surface area (Å²) in [5.74, 6) is -0.979. The van der Waals surface area contributed by atoms with E-state index in [1.54, 1.807) is 6.08 Å². The number of benzene rings is 1. The summed E-state index contributed by atoms with van der Waals surface area (Å²) < 4.78 is 0. The van der Waals surface area contributed by atoms with Gasteiger partial charge in [-0.05, 0) is 50.1 Å². The molecule has 0 radical (unpaired) electrons. The van der Waals surface area contributed by atoms with Crippen LogP contribution in [0.2, 0.25) is 0 Å². The van der Waals surface area contributed by atoms with Crippen LogP contribution in [0.25, 0.3) is 0 Å². The molecule has 0 aliphatic carbocycles. The largest absolute Gasteiger partial charge is 0.478 e. The normalized spacial score (nSPS) is 13.2. The van der Waals surface area contributed by atoms with Crippen LogP contribution < -0.4 is 0 Å². The number of aliphatic carboxylic acids is 1. The lowest BCUT2D eigenvalue weighted by atomic mass is 10.1. The molecule has 0 atom stereocenters. The average molecular weight is 269 g/mol. The summed E-state index contributed by atoms with van der Waals surface area (Å²) in [7, 11) is 0. The second kappa shape index (κ2) is 7.24. The summed E-state index contributed by atoms with van der Waals surface area (Å²) in [4.78, 5) is 15.6. The van der Waals surface area contributed by atoms with Gasteiger partial charge in [0.15, 0.2) is 0 Å². The van der Waals surface area contributed by atoms with Gasteiger partial charge in [-0.2, -0.15) is 0 Å². The second-order valence-electron chi connectivity index (χ2n) is 4.47. The molecule has 20 heavy (non-hydrogen) atoms. The molecule has 1 rings (SSSR count). The van der Waals surface area contributed by atoms with E-state index in [0.29, 0.717) is 0 Å². The topological polar surface area (TPSA) is 49.7 Å². The molecule has 1 aromatic carbocycles. The minimum absolute atomic E-state index is 0.192. The van der Waals surface area contributed by atoms with Crippen LogP contribution in [0.4, 0.5) is 5.69 Å². The second-order valence-corrected chi connectivity index (χ2v) is 4.47. The average Bonchev–Trinajstić information content (AvgIpc) is 2.40. The molecular formula is C17H19NO2. The highest BCUT2D eigenvalue weighted by atomic mass is 16.4. The van der Waals surface area contributed by atoms with Crippen molar-refractivity contribution in [3.05, 3.63) is 65.8 Å². The van der Waals surface area contributed by atoms with Gasteiger partial charge in [0, 0.05) is 5.71 Å². The van der Waals surface area contributed by atoms with Gasteiger partial charge >= 0.3 is 5.97 Å². The van der Waals surface area contributed by atoms with Crippen molar-refractivity contribution >= 4 is 17.4 Å². The Bertz CT molecular complexity index is 607. The molecule has 1 aromatic rings. The zero-order chi connectivity index (χ0) is 15.1. The molecule has 0 amide bonds. The first-order chi connectivity index (χ1) is 9.45. The minimum Gasteiger partial charge on any atom is -0.478 e. The van der Waals surface area contributed by atoms with Crippen molar-refractivity contribution in [1.82, 2.24) is 0 Å². The summed E-state index contributed by atoms with van der Waals surface area (Å²) in [6, 6.07) is 7.81. The van der Waals surface area contributed by atoms with Crippen LogP contribution in [0, 0.1) is 6.92 Å². The summed E-state index contributed by atoms with van der Waals surface area (Å²) in [6.07, 6.45) is 4.52. The number of allylic oxidation sites excluding steroid dienone is 3. The lowest BCUT2D eigenvalue weighted by Crippen LogP contribution is -2.01. The van der Waals surface area contributed by atoms with Crippen LogP contribution in [0.15, 0.2) is 65.2 Å². The van der Waals surface area contributed by atoms with Gasteiger partial charge in [-0.1, -0.05) is 30.9 Å². The Morgan fingerprint density at radius 1 is 1.30 bits per heavy atom. The van der Waals surface area contributed by atoms with E-state index >= 15 is 0 Å². The van der Waals surface area contributed by atoms with Crippen LogP contribution in [0.1, 0.15) is 19.4 Å². The highest BCUT2D eigenvalue weighted by Gasteiger charge is 2.05. The van der Waals surface area contributed by atoms with Crippen molar-refractivity contribution in [2.24, 2.45) is 4.99 Å². The molecule has 0 aliphatic rings. The molecule has 0 aliphatic heterocycles. The van der Waals surface area contributed by atoms with Crippen molar-refractivity contribution in [3.8, 4) is 0 Å². The number of carboxylic acid groups (broad SMARTS) is 1. The van der Waals surface area contributed by atoms with Crippen molar-refractivity contribution in [2.75, 3.05) is 0 Å². The quantitative estimate of drug-likeness (QED) is 0.494. The van der Waals surface area contributed by atoms with E-state index in [2.05, 4.69) is 11.6 Å². The SMILES string of the molecule is C=C/C=C(\C=C(/C)C(C)=Nc1ccccc1C)C(=O)O. The summed E-state index contributed by atoms with van der Waals surface area (Å²) >= 11 is 0. The maximum Gasteiger partial charge on any atom is 0.335 e. The molecule has 0 unspecified atom stereocenters. The molecule has 0 saturated carbocycles. The zero-order valence-electron chi connectivity index (χ0n) is 12.1. The number of nitrogens with zero attached hydrogens (tertiary/aromatic N) is 1. The summed E-state index contributed by atoms with van der Waals surface area (Å²) in [6.45, 7) is 9.22. The molecule has 0 bridgehead atoms. The van der Waals surface area contributed by atoms with E-state index in [0.717, 1.165) is 22.5 Å². The Kier molecular flexibility index (Phi) is 5.66. The van der Waals surface area contributed by atoms with E-state index in [1.165, 1.54) is 12.2 Å². The van der Waals surface area contributed by atoms with Gasteiger partial charge in [0.25, 0.3) is 0 Å². The van der Waals surface area contributed by atoms with E-state index < -0.39 is 5.97 Å². The van der Waals surface area contributed by atoms with Crippen LogP contribution in [-0.2, 0) is 4.79 Å². The standard InChI is InChI=1S/C17H19NO2/c1-5-8-15(17(19)20)11-13(3)14(4)18-16-10-7-6-9-12(16)2/h5-11H,1H2,2-4H3,(H,19,20)/b13-11+,15-8+,18-14?. The van der Waals surface area contributed by atoms with E-state index in [9.17, 15) is 4.79 Å². The third-order valence-electron chi connectivity index (χ3n) is 2.89. The smallest absolute Gasteiger partial charge is 0.335 e. The van der Waals surface area contributed by atoms with E-state index in [-0.39, 0.29) is 5.57 Å². The van der Waals surface area contributed by atoms with Gasteiger partial charge in [-0.15, -0.1) is 0 Å². The number of hydrogen-bond acceptors (Lipinski definition) is 2. The third kappa shape index (κ3) is 4.35. The first-order valence-electron chi connectivity index (χ1n) is 6.31. The van der Waals surface area contributed by atoms with Crippen LogP contribution in [0.5, 0.6) is 0 Å². The highest BCUT2D eigenvalue weighted by molar-refractivity contribution is 6.02. The van der Waals surface area contributed by atoms with Crippen LogP contribution in [-0.4, -0.2) is 16.8 Å².